The summed E-state index contributed by atoms with van der Waals surface area (Å²) in [6.07, 6.45) is -4.72. The first-order valence-corrected chi connectivity index (χ1v) is 7.67. The maximum Gasteiger partial charge on any atom is 0.418 e. The minimum atomic E-state index is -4.72. The Hall–Kier alpha value is -2.97. The summed E-state index contributed by atoms with van der Waals surface area (Å²) in [6.45, 7) is 2.24. The number of amides is 2. The van der Waals surface area contributed by atoms with E-state index >= 15 is 0 Å². The number of benzene rings is 2. The molecule has 0 spiro atoms. The summed E-state index contributed by atoms with van der Waals surface area (Å²) in [7, 11) is 0. The number of halogens is 5. The summed E-state index contributed by atoms with van der Waals surface area (Å²) >= 11 is 0. The number of para-hydroxylation sites is 2. The minimum absolute atomic E-state index is 0.534. The summed E-state index contributed by atoms with van der Waals surface area (Å²) in [5.41, 5.74) is -4.30. The second-order valence-electron chi connectivity index (χ2n) is 6.17. The van der Waals surface area contributed by atoms with Crippen molar-refractivity contribution in [1.82, 2.24) is 0 Å². The van der Waals surface area contributed by atoms with Gasteiger partial charge in [0.05, 0.1) is 11.3 Å². The van der Waals surface area contributed by atoms with E-state index < -0.39 is 52.0 Å². The molecular weight excluding hydrogens is 371 g/mol. The first kappa shape index (κ1) is 20.3. The number of alkyl halides is 3. The summed E-state index contributed by atoms with van der Waals surface area (Å²) in [6, 6.07) is 7.15. The Labute approximate surface area is 151 Å². The molecule has 2 rings (SSSR count). The highest BCUT2D eigenvalue weighted by Crippen LogP contribution is 2.35. The largest absolute Gasteiger partial charge is 0.418 e. The highest BCUT2D eigenvalue weighted by Gasteiger charge is 2.39. The predicted octanol–water partition coefficient (Wildman–Crippen LogP) is 4.59. The van der Waals surface area contributed by atoms with E-state index in [4.69, 9.17) is 0 Å². The zero-order valence-corrected chi connectivity index (χ0v) is 14.2. The molecule has 2 aromatic rings. The predicted molar refractivity (Wildman–Crippen MR) is 88.8 cm³/mol. The lowest BCUT2D eigenvalue weighted by Crippen LogP contribution is -2.42. The van der Waals surface area contributed by atoms with Gasteiger partial charge in [0, 0.05) is 0 Å². The molecule has 144 valence electrons. The lowest BCUT2D eigenvalue weighted by molar-refractivity contribution is -0.137. The van der Waals surface area contributed by atoms with E-state index in [9.17, 15) is 31.5 Å². The lowest BCUT2D eigenvalue weighted by Gasteiger charge is -2.24. The Balaban J connectivity index is 2.24. The quantitative estimate of drug-likeness (QED) is 0.597. The van der Waals surface area contributed by atoms with Gasteiger partial charge in [-0.2, -0.15) is 13.2 Å². The lowest BCUT2D eigenvalue weighted by atomic mass is 9.90. The third kappa shape index (κ3) is 4.42. The Morgan fingerprint density at radius 2 is 1.33 bits per heavy atom. The van der Waals surface area contributed by atoms with Crippen LogP contribution in [0.1, 0.15) is 19.4 Å². The van der Waals surface area contributed by atoms with Gasteiger partial charge in [-0.05, 0) is 38.1 Å². The summed E-state index contributed by atoms with van der Waals surface area (Å²) in [5, 5.41) is 4.00. The number of hydrogen-bond acceptors (Lipinski definition) is 2. The SMILES string of the molecule is CC(C)(C(=O)Nc1ccccc1C(F)(F)F)C(=O)Nc1c(F)cccc1F. The summed E-state index contributed by atoms with van der Waals surface area (Å²) in [5.74, 6) is -4.27. The van der Waals surface area contributed by atoms with Crippen molar-refractivity contribution < 1.29 is 31.5 Å². The smallest absolute Gasteiger partial charge is 0.325 e. The van der Waals surface area contributed by atoms with Crippen LogP contribution >= 0.6 is 0 Å². The topological polar surface area (TPSA) is 58.2 Å². The van der Waals surface area contributed by atoms with Crippen molar-refractivity contribution in [1.29, 1.82) is 0 Å². The molecule has 0 saturated heterocycles. The molecule has 0 radical (unpaired) electrons. The molecule has 0 atom stereocenters. The Bertz CT molecular complexity index is 858. The van der Waals surface area contributed by atoms with E-state index in [0.29, 0.717) is 0 Å². The zero-order valence-electron chi connectivity index (χ0n) is 14.2. The molecule has 0 fully saturated rings. The standard InChI is InChI=1S/C18H15F5N2O2/c1-17(2,16(27)25-14-11(19)7-5-8-12(14)20)15(26)24-13-9-4-3-6-10(13)18(21,22)23/h3-9H,1-2H3,(H,24,26)(H,25,27). The second-order valence-corrected chi connectivity index (χ2v) is 6.17. The van der Waals surface area contributed by atoms with Crippen LogP contribution in [0, 0.1) is 17.0 Å². The molecule has 0 aliphatic rings. The van der Waals surface area contributed by atoms with Gasteiger partial charge in [0.2, 0.25) is 11.8 Å². The van der Waals surface area contributed by atoms with Gasteiger partial charge in [-0.25, -0.2) is 8.78 Å². The molecule has 2 N–H and O–H groups in total. The van der Waals surface area contributed by atoms with Crippen LogP contribution in [0.25, 0.3) is 0 Å². The number of hydrogen-bond donors (Lipinski definition) is 2. The number of nitrogens with one attached hydrogen (secondary N) is 2. The Morgan fingerprint density at radius 1 is 0.815 bits per heavy atom. The van der Waals surface area contributed by atoms with Gasteiger partial charge in [-0.15, -0.1) is 0 Å². The van der Waals surface area contributed by atoms with Crippen LogP contribution in [0.3, 0.4) is 0 Å². The van der Waals surface area contributed by atoms with Crippen LogP contribution in [0.2, 0.25) is 0 Å². The monoisotopic (exact) mass is 386 g/mol. The highest BCUT2D eigenvalue weighted by atomic mass is 19.4. The minimum Gasteiger partial charge on any atom is -0.325 e. The molecule has 0 saturated carbocycles. The molecule has 0 heterocycles. The normalized spacial score (nSPS) is 11.8. The summed E-state index contributed by atoms with van der Waals surface area (Å²) < 4.78 is 66.4. The Morgan fingerprint density at radius 3 is 1.89 bits per heavy atom. The van der Waals surface area contributed by atoms with E-state index in [1.165, 1.54) is 6.07 Å². The molecule has 27 heavy (non-hydrogen) atoms. The fraction of sp³-hybridized carbons (Fsp3) is 0.222. The van der Waals surface area contributed by atoms with Crippen LogP contribution in [0.5, 0.6) is 0 Å². The van der Waals surface area contributed by atoms with Gasteiger partial charge in [-0.3, -0.25) is 9.59 Å². The van der Waals surface area contributed by atoms with Crippen LogP contribution in [-0.4, -0.2) is 11.8 Å². The van der Waals surface area contributed by atoms with Gasteiger partial charge < -0.3 is 10.6 Å². The maximum absolute atomic E-state index is 13.7. The van der Waals surface area contributed by atoms with E-state index in [1.54, 1.807) is 0 Å². The zero-order chi connectivity index (χ0) is 20.4. The van der Waals surface area contributed by atoms with Crippen molar-refractivity contribution in [2.24, 2.45) is 5.41 Å². The first-order valence-electron chi connectivity index (χ1n) is 7.67. The molecule has 9 heteroatoms. The van der Waals surface area contributed by atoms with Crippen molar-refractivity contribution in [3.8, 4) is 0 Å². The Kier molecular flexibility index (Phi) is 5.53. The van der Waals surface area contributed by atoms with Crippen molar-refractivity contribution in [3.63, 3.8) is 0 Å². The van der Waals surface area contributed by atoms with Crippen molar-refractivity contribution in [2.45, 2.75) is 20.0 Å². The molecule has 0 aromatic heterocycles. The molecule has 2 amide bonds. The van der Waals surface area contributed by atoms with E-state index in [-0.39, 0.29) is 0 Å². The maximum atomic E-state index is 13.7. The van der Waals surface area contributed by atoms with Gasteiger partial charge in [-0.1, -0.05) is 18.2 Å². The highest BCUT2D eigenvalue weighted by molar-refractivity contribution is 6.14. The van der Waals surface area contributed by atoms with Gasteiger partial charge in [0.15, 0.2) is 0 Å². The van der Waals surface area contributed by atoms with Crippen molar-refractivity contribution >= 4 is 23.2 Å². The van der Waals surface area contributed by atoms with Crippen molar-refractivity contribution in [3.05, 3.63) is 59.7 Å². The average Bonchev–Trinajstić information content (AvgIpc) is 2.57. The van der Waals surface area contributed by atoms with Crippen LogP contribution in [0.4, 0.5) is 33.3 Å². The molecule has 0 aliphatic carbocycles. The molecule has 4 nitrogen and oxygen atoms in total. The molecule has 0 aliphatic heterocycles. The van der Waals surface area contributed by atoms with Gasteiger partial charge in [0.1, 0.15) is 22.7 Å². The first-order chi connectivity index (χ1) is 12.4. The van der Waals surface area contributed by atoms with E-state index in [0.717, 1.165) is 50.2 Å². The third-order valence-corrected chi connectivity index (χ3v) is 3.82. The van der Waals surface area contributed by atoms with Crippen LogP contribution in [-0.2, 0) is 15.8 Å². The molecular formula is C18H15F5N2O2. The molecule has 2 aromatic carbocycles. The fourth-order valence-electron chi connectivity index (χ4n) is 2.11. The number of rotatable bonds is 4. The van der Waals surface area contributed by atoms with E-state index in [1.807, 2.05) is 10.6 Å². The number of anilines is 2. The van der Waals surface area contributed by atoms with E-state index in [2.05, 4.69) is 0 Å². The van der Waals surface area contributed by atoms with Crippen LogP contribution in [0.15, 0.2) is 42.5 Å². The third-order valence-electron chi connectivity index (χ3n) is 3.82. The van der Waals surface area contributed by atoms with Gasteiger partial charge in [0.25, 0.3) is 0 Å². The van der Waals surface area contributed by atoms with Crippen molar-refractivity contribution in [2.75, 3.05) is 10.6 Å². The molecule has 0 unspecified atom stereocenters. The molecule has 0 bridgehead atoms. The average molecular weight is 386 g/mol. The summed E-state index contributed by atoms with van der Waals surface area (Å²) in [4.78, 5) is 24.7. The number of carbonyl (C=O) groups is 2. The fourth-order valence-corrected chi connectivity index (χ4v) is 2.11. The van der Waals surface area contributed by atoms with Gasteiger partial charge >= 0.3 is 6.18 Å². The number of carbonyl (C=O) groups excluding carboxylic acids is 2. The second kappa shape index (κ2) is 7.34. The van der Waals surface area contributed by atoms with Crippen LogP contribution < -0.4 is 10.6 Å².